The second kappa shape index (κ2) is 10.9. The predicted molar refractivity (Wildman–Crippen MR) is 211 cm³/mol. The van der Waals surface area contributed by atoms with E-state index >= 15 is 0 Å². The Bertz CT molecular complexity index is 3420. The number of hydrogen-bond donors (Lipinski definition) is 0. The standard InChI is InChI=1S/C45H26N4OS/c1-3-11-27(12-4-1)43-46-44(28-13-5-2-6-14-28)48-45(47-43)29-19-21-33-36-24-30(20-22-41(36)51-42(33)23-29)49-37-17-9-7-15-31(37)34-26-40-35(25-38(34)49)32-16-8-10-18-39(32)50-40/h1-26H/i1D,3D,4D,11D,12D. The number of nitrogens with zero attached hydrogens (tertiary/aromatic N) is 4. The molecule has 11 aromatic rings. The van der Waals surface area contributed by atoms with E-state index in [9.17, 15) is 0 Å². The highest BCUT2D eigenvalue weighted by Crippen LogP contribution is 2.41. The molecule has 51 heavy (non-hydrogen) atoms. The van der Waals surface area contributed by atoms with Crippen molar-refractivity contribution in [3.63, 3.8) is 0 Å². The summed E-state index contributed by atoms with van der Waals surface area (Å²) in [7, 11) is 0. The van der Waals surface area contributed by atoms with Gasteiger partial charge >= 0.3 is 0 Å². The van der Waals surface area contributed by atoms with Crippen LogP contribution in [-0.2, 0) is 0 Å². The van der Waals surface area contributed by atoms with Gasteiger partial charge in [0.15, 0.2) is 17.5 Å². The minimum absolute atomic E-state index is 0.0128. The molecule has 0 unspecified atom stereocenters. The van der Waals surface area contributed by atoms with Gasteiger partial charge in [-0.2, -0.15) is 0 Å². The van der Waals surface area contributed by atoms with Gasteiger partial charge in [0.25, 0.3) is 0 Å². The molecule has 0 spiro atoms. The number of para-hydroxylation sites is 2. The molecule has 0 bridgehead atoms. The summed E-state index contributed by atoms with van der Waals surface area (Å²) < 4.78 is 52.7. The monoisotopic (exact) mass is 675 g/mol. The molecule has 4 heterocycles. The Kier molecular flexibility index (Phi) is 5.08. The first-order chi connectivity index (χ1) is 27.3. The summed E-state index contributed by atoms with van der Waals surface area (Å²) in [4.78, 5) is 14.2. The van der Waals surface area contributed by atoms with Crippen molar-refractivity contribution in [3.8, 4) is 39.9 Å². The molecule has 4 aromatic heterocycles. The summed E-state index contributed by atoms with van der Waals surface area (Å²) >= 11 is 1.68. The average molecular weight is 676 g/mol. The average Bonchev–Trinajstić information content (AvgIpc) is 3.90. The number of benzene rings is 7. The molecule has 0 aliphatic carbocycles. The first-order valence-corrected chi connectivity index (χ1v) is 17.3. The quantitative estimate of drug-likeness (QED) is 0.186. The minimum Gasteiger partial charge on any atom is -0.456 e. The van der Waals surface area contributed by atoms with E-state index in [0.717, 1.165) is 75.2 Å². The normalized spacial score (nSPS) is 13.3. The van der Waals surface area contributed by atoms with Crippen molar-refractivity contribution in [2.24, 2.45) is 0 Å². The van der Waals surface area contributed by atoms with Crippen molar-refractivity contribution in [3.05, 3.63) is 158 Å². The molecule has 0 amide bonds. The van der Waals surface area contributed by atoms with Crippen molar-refractivity contribution in [1.29, 1.82) is 0 Å². The van der Waals surface area contributed by atoms with Gasteiger partial charge in [0.05, 0.1) is 17.9 Å². The van der Waals surface area contributed by atoms with E-state index in [1.165, 1.54) is 0 Å². The van der Waals surface area contributed by atoms with Gasteiger partial charge in [0, 0.05) is 64.1 Å². The van der Waals surface area contributed by atoms with E-state index in [-0.39, 0.29) is 23.5 Å². The van der Waals surface area contributed by atoms with Gasteiger partial charge in [0.2, 0.25) is 0 Å². The summed E-state index contributed by atoms with van der Waals surface area (Å²) in [5.41, 5.74) is 6.36. The lowest BCUT2D eigenvalue weighted by molar-refractivity contribution is 0.669. The largest absolute Gasteiger partial charge is 0.456 e. The van der Waals surface area contributed by atoms with E-state index in [1.807, 2.05) is 54.6 Å². The highest BCUT2D eigenvalue weighted by molar-refractivity contribution is 7.25. The molecule has 0 radical (unpaired) electrons. The van der Waals surface area contributed by atoms with Crippen LogP contribution in [0.15, 0.2) is 162 Å². The SMILES string of the molecule is [2H]c1c([2H])c([2H])c(-c2nc(-c3ccccc3)nc(-c3ccc4c(c3)sc3ccc(-n5c6ccccc6c6cc7oc8ccccc8c7cc65)cc34)n2)c([2H])c1[2H]. The van der Waals surface area contributed by atoms with Gasteiger partial charge in [-0.25, -0.2) is 15.0 Å². The third kappa shape index (κ3) is 4.43. The Morgan fingerprint density at radius 3 is 2.08 bits per heavy atom. The summed E-state index contributed by atoms with van der Waals surface area (Å²) in [6.45, 7) is 0. The van der Waals surface area contributed by atoms with Crippen LogP contribution < -0.4 is 0 Å². The van der Waals surface area contributed by atoms with Crippen molar-refractivity contribution >= 4 is 75.3 Å². The number of furan rings is 1. The van der Waals surface area contributed by atoms with Crippen LogP contribution in [0.5, 0.6) is 0 Å². The lowest BCUT2D eigenvalue weighted by Gasteiger charge is -2.09. The van der Waals surface area contributed by atoms with Crippen LogP contribution in [0, 0.1) is 0 Å². The lowest BCUT2D eigenvalue weighted by atomic mass is 10.1. The molecule has 0 saturated heterocycles. The van der Waals surface area contributed by atoms with E-state index in [0.29, 0.717) is 17.2 Å². The first kappa shape index (κ1) is 23.7. The fourth-order valence-electron chi connectivity index (χ4n) is 7.20. The van der Waals surface area contributed by atoms with Crippen LogP contribution in [0.3, 0.4) is 0 Å². The number of hydrogen-bond acceptors (Lipinski definition) is 5. The molecule has 7 aromatic carbocycles. The second-order valence-electron chi connectivity index (χ2n) is 12.5. The van der Waals surface area contributed by atoms with Crippen LogP contribution in [-0.4, -0.2) is 19.5 Å². The number of thiophene rings is 1. The lowest BCUT2D eigenvalue weighted by Crippen LogP contribution is -1.99. The van der Waals surface area contributed by atoms with Crippen LogP contribution in [0.1, 0.15) is 6.85 Å². The maximum atomic E-state index is 8.63. The minimum atomic E-state index is -0.471. The van der Waals surface area contributed by atoms with E-state index in [4.69, 9.17) is 21.2 Å². The molecule has 0 N–H and O–H groups in total. The molecule has 0 saturated carbocycles. The van der Waals surface area contributed by atoms with E-state index < -0.39 is 18.1 Å². The van der Waals surface area contributed by atoms with Crippen LogP contribution >= 0.6 is 11.3 Å². The van der Waals surface area contributed by atoms with Gasteiger partial charge in [-0.15, -0.1) is 11.3 Å². The summed E-state index contributed by atoms with van der Waals surface area (Å²) in [5, 5.41) is 6.65. The maximum absolute atomic E-state index is 8.63. The Hall–Kier alpha value is -6.63. The highest BCUT2D eigenvalue weighted by Gasteiger charge is 2.18. The second-order valence-corrected chi connectivity index (χ2v) is 13.6. The van der Waals surface area contributed by atoms with Crippen LogP contribution in [0.2, 0.25) is 0 Å². The molecule has 11 rings (SSSR count). The van der Waals surface area contributed by atoms with Crippen molar-refractivity contribution in [1.82, 2.24) is 19.5 Å². The molecule has 5 nitrogen and oxygen atoms in total. The smallest absolute Gasteiger partial charge is 0.164 e. The Morgan fingerprint density at radius 1 is 0.471 bits per heavy atom. The van der Waals surface area contributed by atoms with Gasteiger partial charge in [-0.3, -0.25) is 0 Å². The fraction of sp³-hybridized carbons (Fsp3) is 0. The molecule has 6 heteroatoms. The summed E-state index contributed by atoms with van der Waals surface area (Å²) in [6.07, 6.45) is 0. The zero-order valence-electron chi connectivity index (χ0n) is 31.7. The third-order valence-electron chi connectivity index (χ3n) is 9.53. The molecule has 0 aliphatic rings. The van der Waals surface area contributed by atoms with E-state index in [1.54, 1.807) is 11.3 Å². The van der Waals surface area contributed by atoms with Crippen molar-refractivity contribution in [2.45, 2.75) is 0 Å². The number of aromatic nitrogens is 4. The van der Waals surface area contributed by atoms with E-state index in [2.05, 4.69) is 82.3 Å². The summed E-state index contributed by atoms with van der Waals surface area (Å²) in [5.74, 6) is 0.688. The zero-order chi connectivity index (χ0) is 37.8. The number of fused-ring (bicyclic) bond motifs is 9. The fourth-order valence-corrected chi connectivity index (χ4v) is 8.33. The third-order valence-corrected chi connectivity index (χ3v) is 10.7. The van der Waals surface area contributed by atoms with Crippen LogP contribution in [0.25, 0.3) is 104 Å². The summed E-state index contributed by atoms with van der Waals surface area (Å²) in [6, 6.07) is 41.0. The van der Waals surface area contributed by atoms with Crippen molar-refractivity contribution < 1.29 is 11.3 Å². The number of rotatable bonds is 4. The molecule has 0 fully saturated rings. The molecule has 0 atom stereocenters. The Labute approximate surface area is 302 Å². The van der Waals surface area contributed by atoms with Crippen LogP contribution in [0.4, 0.5) is 0 Å². The maximum Gasteiger partial charge on any atom is 0.164 e. The molecular formula is C45H26N4OS. The zero-order valence-corrected chi connectivity index (χ0v) is 27.5. The Morgan fingerprint density at radius 2 is 1.22 bits per heavy atom. The molecule has 0 aliphatic heterocycles. The van der Waals surface area contributed by atoms with Gasteiger partial charge in [-0.1, -0.05) is 109 Å². The van der Waals surface area contributed by atoms with Crippen molar-refractivity contribution in [2.75, 3.05) is 0 Å². The topological polar surface area (TPSA) is 56.7 Å². The molecule has 238 valence electrons. The molecular weight excluding hydrogens is 645 g/mol. The predicted octanol–water partition coefficient (Wildman–Crippen LogP) is 12.2. The van der Waals surface area contributed by atoms with Gasteiger partial charge in [0.1, 0.15) is 11.2 Å². The highest BCUT2D eigenvalue weighted by atomic mass is 32.1. The van der Waals surface area contributed by atoms with Gasteiger partial charge < -0.3 is 8.98 Å². The first-order valence-electron chi connectivity index (χ1n) is 19.0. The van der Waals surface area contributed by atoms with Gasteiger partial charge in [-0.05, 0) is 48.5 Å². The Balaban J connectivity index is 1.08.